The Morgan fingerprint density at radius 1 is 1.21 bits per heavy atom. The highest BCUT2D eigenvalue weighted by molar-refractivity contribution is 6.31. The second kappa shape index (κ2) is 8.06. The van der Waals surface area contributed by atoms with Crippen LogP contribution in [0.25, 0.3) is 11.0 Å². The zero-order valence-corrected chi connectivity index (χ0v) is 17.2. The van der Waals surface area contributed by atoms with Crippen molar-refractivity contribution in [1.29, 1.82) is 0 Å². The molecule has 2 heterocycles. The number of aryl methyl sites for hydroxylation is 1. The van der Waals surface area contributed by atoms with Crippen LogP contribution in [0.3, 0.4) is 0 Å². The molecular weight excluding hydrogens is 392 g/mol. The number of rotatable bonds is 4. The third kappa shape index (κ3) is 3.83. The van der Waals surface area contributed by atoms with Gasteiger partial charge in [-0.05, 0) is 43.7 Å². The van der Waals surface area contributed by atoms with Crippen LogP contribution in [0.1, 0.15) is 27.2 Å². The normalized spacial score (nSPS) is 15.0. The number of hydrogen-bond acceptors (Lipinski definition) is 4. The Morgan fingerprint density at radius 3 is 2.72 bits per heavy atom. The number of phenols is 1. The topological polar surface area (TPSA) is 76.1 Å². The molecule has 3 N–H and O–H groups in total. The monoisotopic (exact) mass is 415 g/mol. The summed E-state index contributed by atoms with van der Waals surface area (Å²) >= 11 is 6.19. The van der Waals surface area contributed by atoms with Crippen LogP contribution in [0, 0.1) is 13.8 Å². The summed E-state index contributed by atoms with van der Waals surface area (Å²) in [6, 6.07) is 8.73. The summed E-state index contributed by atoms with van der Waals surface area (Å²) in [5.74, 6) is 0.404. The van der Waals surface area contributed by atoms with Gasteiger partial charge in [-0.2, -0.15) is 0 Å². The number of nitrogens with one attached hydrogen (secondary N) is 2. The summed E-state index contributed by atoms with van der Waals surface area (Å²) in [7, 11) is 0. The number of hydrogen-bond donors (Lipinski definition) is 3. The molecule has 0 bridgehead atoms. The minimum atomic E-state index is -0.282. The van der Waals surface area contributed by atoms with Gasteiger partial charge in [-0.3, -0.25) is 4.79 Å². The molecule has 152 valence electrons. The Hall–Kier alpha value is -2.54. The van der Waals surface area contributed by atoms with Crippen molar-refractivity contribution in [2.45, 2.75) is 20.4 Å². The van der Waals surface area contributed by atoms with Crippen LogP contribution in [0.5, 0.6) is 5.75 Å². The molecule has 7 heteroatoms. The van der Waals surface area contributed by atoms with E-state index in [9.17, 15) is 9.90 Å². The average Bonchev–Trinajstić information content (AvgIpc) is 3.05. The van der Waals surface area contributed by atoms with Crippen molar-refractivity contribution in [3.8, 4) is 5.75 Å². The molecule has 1 aromatic heterocycles. The molecule has 1 aliphatic heterocycles. The zero-order valence-electron chi connectivity index (χ0n) is 16.5. The Kier molecular flexibility index (Phi) is 5.50. The summed E-state index contributed by atoms with van der Waals surface area (Å²) < 4.78 is 11.3. The number of benzene rings is 2. The standard InChI is InChI=1S/C22H23ClN2O4/c1-13-16(23)4-3-5-17(13)24-22(27)20-14(2)29-19-7-6-18(26)15(21(19)20)12-25-8-10-28-11-9-25/h3-7,26H,8-12H2,1-2H3,(H,24,27)/p+1. The average molecular weight is 416 g/mol. The molecule has 1 saturated heterocycles. The summed E-state index contributed by atoms with van der Waals surface area (Å²) in [5, 5.41) is 14.8. The third-order valence-corrected chi connectivity index (χ3v) is 5.89. The number of ether oxygens (including phenoxy) is 1. The van der Waals surface area contributed by atoms with E-state index in [-0.39, 0.29) is 11.7 Å². The molecule has 3 aromatic rings. The first-order valence-corrected chi connectivity index (χ1v) is 10.0. The van der Waals surface area contributed by atoms with E-state index < -0.39 is 0 Å². The summed E-state index contributed by atoms with van der Waals surface area (Å²) in [5.41, 5.74) is 3.21. The summed E-state index contributed by atoms with van der Waals surface area (Å²) in [4.78, 5) is 14.5. The van der Waals surface area contributed by atoms with E-state index >= 15 is 0 Å². The van der Waals surface area contributed by atoms with Crippen molar-refractivity contribution < 1.29 is 24.0 Å². The van der Waals surface area contributed by atoms with Gasteiger partial charge in [0.1, 0.15) is 36.7 Å². The van der Waals surface area contributed by atoms with Crippen LogP contribution in [-0.4, -0.2) is 37.3 Å². The SMILES string of the molecule is Cc1oc2ccc(O)c(C[NH+]3CCOCC3)c2c1C(=O)Nc1cccc(Cl)c1C. The Bertz CT molecular complexity index is 1070. The van der Waals surface area contributed by atoms with E-state index in [0.29, 0.717) is 52.8 Å². The third-order valence-electron chi connectivity index (χ3n) is 5.48. The van der Waals surface area contributed by atoms with Gasteiger partial charge in [-0.15, -0.1) is 0 Å². The number of phenolic OH excluding ortho intramolecular Hbond substituents is 1. The van der Waals surface area contributed by atoms with Gasteiger partial charge in [0.05, 0.1) is 24.3 Å². The van der Waals surface area contributed by atoms with Crippen molar-refractivity contribution in [3.63, 3.8) is 0 Å². The van der Waals surface area contributed by atoms with E-state index in [4.69, 9.17) is 20.8 Å². The first-order valence-electron chi connectivity index (χ1n) is 9.67. The van der Waals surface area contributed by atoms with Crippen LogP contribution in [0.15, 0.2) is 34.7 Å². The van der Waals surface area contributed by atoms with Crippen molar-refractivity contribution in [1.82, 2.24) is 0 Å². The van der Waals surface area contributed by atoms with Crippen LogP contribution >= 0.6 is 11.6 Å². The smallest absolute Gasteiger partial charge is 0.259 e. The summed E-state index contributed by atoms with van der Waals surface area (Å²) in [6.45, 7) is 7.32. The highest BCUT2D eigenvalue weighted by Gasteiger charge is 2.26. The van der Waals surface area contributed by atoms with E-state index in [0.717, 1.165) is 24.2 Å². The molecular formula is C22H24ClN2O4+. The number of halogens is 1. The molecule has 0 atom stereocenters. The molecule has 2 aromatic carbocycles. The molecule has 0 radical (unpaired) electrons. The van der Waals surface area contributed by atoms with Crippen LogP contribution in [0.4, 0.5) is 5.69 Å². The quantitative estimate of drug-likeness (QED) is 0.612. The predicted octanol–water partition coefficient (Wildman–Crippen LogP) is 3.08. The van der Waals surface area contributed by atoms with E-state index in [1.807, 2.05) is 13.0 Å². The maximum absolute atomic E-state index is 13.2. The fraction of sp³-hybridized carbons (Fsp3) is 0.318. The highest BCUT2D eigenvalue weighted by Crippen LogP contribution is 2.34. The molecule has 1 amide bonds. The van der Waals surface area contributed by atoms with E-state index in [2.05, 4.69) is 5.32 Å². The summed E-state index contributed by atoms with van der Waals surface area (Å²) in [6.07, 6.45) is 0. The van der Waals surface area contributed by atoms with Gasteiger partial charge in [-0.1, -0.05) is 17.7 Å². The first kappa shape index (κ1) is 19.8. The largest absolute Gasteiger partial charge is 0.507 e. The number of amides is 1. The zero-order chi connectivity index (χ0) is 20.5. The molecule has 1 fully saturated rings. The minimum absolute atomic E-state index is 0.172. The van der Waals surface area contributed by atoms with Gasteiger partial charge in [0.2, 0.25) is 0 Å². The number of anilines is 1. The van der Waals surface area contributed by atoms with Crippen molar-refractivity contribution >= 4 is 34.2 Å². The Labute approximate surface area is 174 Å². The van der Waals surface area contributed by atoms with Crippen LogP contribution in [-0.2, 0) is 11.3 Å². The number of aromatic hydroxyl groups is 1. The van der Waals surface area contributed by atoms with Gasteiger partial charge in [0, 0.05) is 16.1 Å². The predicted molar refractivity (Wildman–Crippen MR) is 112 cm³/mol. The molecule has 0 saturated carbocycles. The molecule has 0 unspecified atom stereocenters. The first-order chi connectivity index (χ1) is 14.0. The minimum Gasteiger partial charge on any atom is -0.507 e. The molecule has 1 aliphatic rings. The highest BCUT2D eigenvalue weighted by atomic mass is 35.5. The van der Waals surface area contributed by atoms with Crippen molar-refractivity contribution in [2.75, 3.05) is 31.6 Å². The maximum Gasteiger partial charge on any atom is 0.259 e. The molecule has 0 aliphatic carbocycles. The van der Waals surface area contributed by atoms with Gasteiger partial charge < -0.3 is 24.5 Å². The fourth-order valence-corrected chi connectivity index (χ4v) is 4.01. The van der Waals surface area contributed by atoms with Gasteiger partial charge >= 0.3 is 0 Å². The number of carbonyl (C=O) groups is 1. The lowest BCUT2D eigenvalue weighted by atomic mass is 10.0. The van der Waals surface area contributed by atoms with Gasteiger partial charge in [0.25, 0.3) is 5.91 Å². The second-order valence-electron chi connectivity index (χ2n) is 7.38. The number of morpholine rings is 1. The lowest BCUT2D eigenvalue weighted by Crippen LogP contribution is -3.12. The number of quaternary nitrogens is 1. The molecule has 29 heavy (non-hydrogen) atoms. The lowest BCUT2D eigenvalue weighted by Gasteiger charge is -2.24. The fourth-order valence-electron chi connectivity index (χ4n) is 3.83. The van der Waals surface area contributed by atoms with Crippen molar-refractivity contribution in [2.24, 2.45) is 0 Å². The Balaban J connectivity index is 1.75. The number of furan rings is 1. The Morgan fingerprint density at radius 2 is 1.97 bits per heavy atom. The number of carbonyl (C=O) groups excluding carboxylic acids is 1. The van der Waals surface area contributed by atoms with E-state index in [1.54, 1.807) is 31.2 Å². The molecule has 4 rings (SSSR count). The number of fused-ring (bicyclic) bond motifs is 1. The second-order valence-corrected chi connectivity index (χ2v) is 7.78. The van der Waals surface area contributed by atoms with Crippen molar-refractivity contribution in [3.05, 3.63) is 57.8 Å². The van der Waals surface area contributed by atoms with Gasteiger partial charge in [-0.25, -0.2) is 0 Å². The lowest BCUT2D eigenvalue weighted by molar-refractivity contribution is -0.921. The van der Waals surface area contributed by atoms with Crippen LogP contribution in [0.2, 0.25) is 5.02 Å². The maximum atomic E-state index is 13.2. The van der Waals surface area contributed by atoms with E-state index in [1.165, 1.54) is 4.90 Å². The molecule has 6 nitrogen and oxygen atoms in total. The molecule has 0 spiro atoms. The van der Waals surface area contributed by atoms with Crippen LogP contribution < -0.4 is 10.2 Å². The van der Waals surface area contributed by atoms with Gasteiger partial charge in [0.15, 0.2) is 0 Å².